The summed E-state index contributed by atoms with van der Waals surface area (Å²) in [5.74, 6) is 0.562. The van der Waals surface area contributed by atoms with Crippen LogP contribution in [0.2, 0.25) is 0 Å². The van der Waals surface area contributed by atoms with Gasteiger partial charge in [0.15, 0.2) is 0 Å². The highest BCUT2D eigenvalue weighted by Gasteiger charge is 2.31. The monoisotopic (exact) mass is 342 g/mol. The molecule has 0 saturated carbocycles. The standard InChI is InChI=1S/C20H26N2O3/c1-15-6-8-16(9-7-15)10-11-21-20(24)22-12-2-4-17(22)14-18(23)19-5-3-13-25-19/h3,5-9,13,17-18,23H,2,4,10-12,14H2,1H3,(H,21,24). The van der Waals surface area contributed by atoms with Crippen LogP contribution in [-0.2, 0) is 6.42 Å². The van der Waals surface area contributed by atoms with Gasteiger partial charge < -0.3 is 19.7 Å². The minimum absolute atomic E-state index is 0.0405. The number of furan rings is 1. The van der Waals surface area contributed by atoms with Crippen molar-refractivity contribution in [1.82, 2.24) is 10.2 Å². The molecule has 2 N–H and O–H groups in total. The number of hydrogen-bond acceptors (Lipinski definition) is 3. The molecule has 3 rings (SSSR count). The molecule has 1 aliphatic rings. The number of nitrogens with zero attached hydrogens (tertiary/aromatic N) is 1. The molecule has 1 fully saturated rings. The molecule has 2 unspecified atom stereocenters. The lowest BCUT2D eigenvalue weighted by atomic mass is 10.1. The number of likely N-dealkylation sites (tertiary alicyclic amines) is 1. The molecule has 1 aromatic heterocycles. The van der Waals surface area contributed by atoms with Crippen molar-refractivity contribution in [2.45, 2.75) is 44.8 Å². The first-order valence-corrected chi connectivity index (χ1v) is 8.95. The minimum atomic E-state index is -0.666. The smallest absolute Gasteiger partial charge is 0.317 e. The summed E-state index contributed by atoms with van der Waals surface area (Å²) in [5, 5.41) is 13.3. The van der Waals surface area contributed by atoms with Crippen LogP contribution in [0.5, 0.6) is 0 Å². The van der Waals surface area contributed by atoms with Crippen LogP contribution in [0.25, 0.3) is 0 Å². The summed E-state index contributed by atoms with van der Waals surface area (Å²) in [6, 6.07) is 11.9. The van der Waals surface area contributed by atoms with Gasteiger partial charge in [0.05, 0.1) is 6.26 Å². The molecule has 134 valence electrons. The first kappa shape index (κ1) is 17.5. The Morgan fingerprint density at radius 1 is 1.36 bits per heavy atom. The Hall–Kier alpha value is -2.27. The number of rotatable bonds is 6. The number of aryl methyl sites for hydroxylation is 1. The van der Waals surface area contributed by atoms with Crippen LogP contribution in [0.1, 0.15) is 42.3 Å². The van der Waals surface area contributed by atoms with Crippen LogP contribution in [0.15, 0.2) is 47.1 Å². The van der Waals surface area contributed by atoms with Crippen LogP contribution >= 0.6 is 0 Å². The summed E-state index contributed by atoms with van der Waals surface area (Å²) >= 11 is 0. The number of nitrogens with one attached hydrogen (secondary N) is 1. The fraction of sp³-hybridized carbons (Fsp3) is 0.450. The predicted octanol–water partition coefficient (Wildman–Crippen LogP) is 3.43. The average Bonchev–Trinajstić information content (AvgIpc) is 3.28. The second kappa shape index (κ2) is 8.21. The predicted molar refractivity (Wildman–Crippen MR) is 96.3 cm³/mol. The number of carbonyl (C=O) groups excluding carboxylic acids is 1. The van der Waals surface area contributed by atoms with Gasteiger partial charge in [-0.25, -0.2) is 4.79 Å². The second-order valence-electron chi connectivity index (χ2n) is 6.72. The van der Waals surface area contributed by atoms with E-state index in [-0.39, 0.29) is 12.1 Å². The molecule has 5 heteroatoms. The first-order chi connectivity index (χ1) is 12.1. The minimum Gasteiger partial charge on any atom is -0.467 e. The molecule has 1 aliphatic heterocycles. The second-order valence-corrected chi connectivity index (χ2v) is 6.72. The highest BCUT2D eigenvalue weighted by molar-refractivity contribution is 5.74. The zero-order valence-electron chi connectivity index (χ0n) is 14.6. The molecule has 2 amide bonds. The Morgan fingerprint density at radius 3 is 2.88 bits per heavy atom. The first-order valence-electron chi connectivity index (χ1n) is 8.95. The summed E-state index contributed by atoms with van der Waals surface area (Å²) in [5.41, 5.74) is 2.46. The molecule has 1 aromatic carbocycles. The molecule has 2 heterocycles. The van der Waals surface area contributed by atoms with Crippen molar-refractivity contribution in [3.63, 3.8) is 0 Å². The summed E-state index contributed by atoms with van der Waals surface area (Å²) in [6.07, 6.45) is 4.12. The third kappa shape index (κ3) is 4.63. The summed E-state index contributed by atoms with van der Waals surface area (Å²) in [4.78, 5) is 14.3. The van der Waals surface area contributed by atoms with Gasteiger partial charge in [-0.3, -0.25) is 0 Å². The van der Waals surface area contributed by atoms with Gasteiger partial charge in [0.2, 0.25) is 0 Å². The molecule has 25 heavy (non-hydrogen) atoms. The molecular formula is C20H26N2O3. The van der Waals surface area contributed by atoms with E-state index in [2.05, 4.69) is 36.5 Å². The van der Waals surface area contributed by atoms with E-state index in [1.807, 2.05) is 4.90 Å². The van der Waals surface area contributed by atoms with Gasteiger partial charge in [0.25, 0.3) is 0 Å². The van der Waals surface area contributed by atoms with Crippen molar-refractivity contribution in [1.29, 1.82) is 0 Å². The van der Waals surface area contributed by atoms with Crippen LogP contribution in [0.4, 0.5) is 4.79 Å². The molecule has 5 nitrogen and oxygen atoms in total. The lowest BCUT2D eigenvalue weighted by Crippen LogP contribution is -2.43. The fourth-order valence-electron chi connectivity index (χ4n) is 3.37. The van der Waals surface area contributed by atoms with E-state index in [1.54, 1.807) is 18.4 Å². The maximum Gasteiger partial charge on any atom is 0.317 e. The Balaban J connectivity index is 1.47. The van der Waals surface area contributed by atoms with Crippen molar-refractivity contribution < 1.29 is 14.3 Å². The van der Waals surface area contributed by atoms with Crippen molar-refractivity contribution in [2.24, 2.45) is 0 Å². The van der Waals surface area contributed by atoms with E-state index >= 15 is 0 Å². The van der Waals surface area contributed by atoms with Crippen LogP contribution < -0.4 is 5.32 Å². The number of benzene rings is 1. The van der Waals surface area contributed by atoms with Crippen molar-refractivity contribution in [3.8, 4) is 0 Å². The maximum absolute atomic E-state index is 12.5. The highest BCUT2D eigenvalue weighted by atomic mass is 16.4. The average molecular weight is 342 g/mol. The molecule has 0 bridgehead atoms. The SMILES string of the molecule is Cc1ccc(CCNC(=O)N2CCCC2CC(O)c2ccco2)cc1. The van der Waals surface area contributed by atoms with Gasteiger partial charge in [-0.1, -0.05) is 29.8 Å². The molecular weight excluding hydrogens is 316 g/mol. The third-order valence-electron chi connectivity index (χ3n) is 4.82. The highest BCUT2D eigenvalue weighted by Crippen LogP contribution is 2.27. The van der Waals surface area contributed by atoms with Crippen molar-refractivity contribution >= 4 is 6.03 Å². The quantitative estimate of drug-likeness (QED) is 0.845. The number of urea groups is 1. The Labute approximate surface area is 148 Å². The van der Waals surface area contributed by atoms with Gasteiger partial charge in [-0.05, 0) is 43.9 Å². The molecule has 0 spiro atoms. The zero-order valence-corrected chi connectivity index (χ0v) is 14.6. The molecule has 0 radical (unpaired) electrons. The van der Waals surface area contributed by atoms with E-state index < -0.39 is 6.10 Å². The van der Waals surface area contributed by atoms with Crippen molar-refractivity contribution in [2.75, 3.05) is 13.1 Å². The Morgan fingerprint density at radius 2 is 2.16 bits per heavy atom. The fourth-order valence-corrected chi connectivity index (χ4v) is 3.37. The lowest BCUT2D eigenvalue weighted by molar-refractivity contribution is 0.108. The summed E-state index contributed by atoms with van der Waals surface area (Å²) in [7, 11) is 0. The number of hydrogen-bond donors (Lipinski definition) is 2. The Bertz CT molecular complexity index is 667. The molecule has 2 atom stereocenters. The largest absolute Gasteiger partial charge is 0.467 e. The van der Waals surface area contributed by atoms with Gasteiger partial charge in [-0.15, -0.1) is 0 Å². The molecule has 2 aromatic rings. The van der Waals surface area contributed by atoms with Gasteiger partial charge in [0, 0.05) is 25.6 Å². The number of amides is 2. The summed E-state index contributed by atoms with van der Waals surface area (Å²) < 4.78 is 5.25. The number of aliphatic hydroxyl groups is 1. The van der Waals surface area contributed by atoms with Crippen molar-refractivity contribution in [3.05, 3.63) is 59.5 Å². The topological polar surface area (TPSA) is 65.7 Å². The summed E-state index contributed by atoms with van der Waals surface area (Å²) in [6.45, 7) is 3.42. The van der Waals surface area contributed by atoms with E-state index in [1.165, 1.54) is 11.1 Å². The number of aliphatic hydroxyl groups excluding tert-OH is 1. The molecule has 1 saturated heterocycles. The van der Waals surface area contributed by atoms with Gasteiger partial charge >= 0.3 is 6.03 Å². The van der Waals surface area contributed by atoms with Crippen LogP contribution in [-0.4, -0.2) is 35.2 Å². The third-order valence-corrected chi connectivity index (χ3v) is 4.82. The molecule has 0 aliphatic carbocycles. The van der Waals surface area contributed by atoms with Gasteiger partial charge in [0.1, 0.15) is 11.9 Å². The number of carbonyl (C=O) groups is 1. The van der Waals surface area contributed by atoms with Gasteiger partial charge in [-0.2, -0.15) is 0 Å². The van der Waals surface area contributed by atoms with E-state index in [0.29, 0.717) is 18.7 Å². The van der Waals surface area contributed by atoms with Crippen LogP contribution in [0.3, 0.4) is 0 Å². The zero-order chi connectivity index (χ0) is 17.6. The normalized spacial score (nSPS) is 18.3. The van der Waals surface area contributed by atoms with Crippen LogP contribution in [0, 0.1) is 6.92 Å². The lowest BCUT2D eigenvalue weighted by Gasteiger charge is -2.26. The Kier molecular flexibility index (Phi) is 5.76. The van der Waals surface area contributed by atoms with E-state index in [9.17, 15) is 9.90 Å². The maximum atomic E-state index is 12.5. The van der Waals surface area contributed by atoms with E-state index in [4.69, 9.17) is 4.42 Å². The van der Waals surface area contributed by atoms with E-state index in [0.717, 1.165) is 25.8 Å².